The number of carbonyl (C=O) groups is 4. The number of nitrogens with zero attached hydrogens (tertiary/aromatic N) is 2. The molecule has 2 unspecified atom stereocenters. The molecule has 15 heteroatoms. The standard InChI is InChI=1S/C50H50Cl2N2O10S/c1-3-59-49(57)37-9-5-7-25-53(37)43(55)21-15-31-13-19-41(47(51)45(31)35-11-17-39-33(29-35)23-27-61-63-39)65-42-20-14-32(16-22-44(56)54-26-8-6-10-38(54)50(58)60-4-2)46(48(42)52)36-12-18-40-34(30-36)24-28-62-64-40/h11-22,29-30,37-38H,3-10,23-28H2,1-2H3/b21-15+,22-16+. The summed E-state index contributed by atoms with van der Waals surface area (Å²) in [6.45, 7) is 5.71. The van der Waals surface area contributed by atoms with E-state index in [-0.39, 0.29) is 25.0 Å². The molecule has 0 bridgehead atoms. The van der Waals surface area contributed by atoms with Crippen LogP contribution in [0.3, 0.4) is 0 Å². The molecule has 4 aliphatic heterocycles. The lowest BCUT2D eigenvalue weighted by Crippen LogP contribution is -2.48. The number of fused-ring (bicyclic) bond motifs is 2. The molecule has 2 amide bonds. The van der Waals surface area contributed by atoms with Crippen molar-refractivity contribution in [1.29, 1.82) is 0 Å². The van der Waals surface area contributed by atoms with Crippen LogP contribution in [-0.2, 0) is 51.3 Å². The maximum Gasteiger partial charge on any atom is 0.328 e. The van der Waals surface area contributed by atoms with Crippen molar-refractivity contribution in [2.45, 2.75) is 87.1 Å². The van der Waals surface area contributed by atoms with Crippen LogP contribution in [0.25, 0.3) is 34.4 Å². The Bertz CT molecular complexity index is 2360. The van der Waals surface area contributed by atoms with Gasteiger partial charge in [-0.15, -0.1) is 0 Å². The van der Waals surface area contributed by atoms with E-state index in [9.17, 15) is 19.2 Å². The van der Waals surface area contributed by atoms with Crippen LogP contribution in [0, 0.1) is 0 Å². The number of benzene rings is 4. The Morgan fingerprint density at radius 1 is 0.646 bits per heavy atom. The van der Waals surface area contributed by atoms with Crippen LogP contribution in [-0.4, -0.2) is 85.2 Å². The fourth-order valence-corrected chi connectivity index (χ4v) is 10.4. The number of halogens is 2. The summed E-state index contributed by atoms with van der Waals surface area (Å²) in [5.74, 6) is -0.118. The van der Waals surface area contributed by atoms with E-state index in [0.29, 0.717) is 106 Å². The summed E-state index contributed by atoms with van der Waals surface area (Å²) in [5.41, 5.74) is 6.31. The van der Waals surface area contributed by atoms with E-state index in [1.807, 2.05) is 60.7 Å². The minimum atomic E-state index is -0.635. The summed E-state index contributed by atoms with van der Waals surface area (Å²) in [5, 5.41) is 0.881. The lowest BCUT2D eigenvalue weighted by Gasteiger charge is -2.33. The van der Waals surface area contributed by atoms with Crippen molar-refractivity contribution in [1.82, 2.24) is 9.80 Å². The highest BCUT2D eigenvalue weighted by Crippen LogP contribution is 2.47. The van der Waals surface area contributed by atoms with Gasteiger partial charge in [-0.25, -0.2) is 9.59 Å². The molecule has 8 rings (SSSR count). The number of hydrogen-bond acceptors (Lipinski definition) is 11. The molecule has 4 aliphatic rings. The first-order valence-corrected chi connectivity index (χ1v) is 23.7. The van der Waals surface area contributed by atoms with Crippen molar-refractivity contribution in [3.05, 3.63) is 105 Å². The smallest absolute Gasteiger partial charge is 0.328 e. The average Bonchev–Trinajstić information content (AvgIpc) is 3.33. The first-order valence-electron chi connectivity index (χ1n) is 22.1. The summed E-state index contributed by atoms with van der Waals surface area (Å²) >= 11 is 16.3. The highest BCUT2D eigenvalue weighted by Gasteiger charge is 2.34. The lowest BCUT2D eigenvalue weighted by atomic mass is 9.96. The quantitative estimate of drug-likeness (QED) is 0.0765. The Balaban J connectivity index is 1.16. The number of amides is 2. The van der Waals surface area contributed by atoms with Crippen LogP contribution in [0.2, 0.25) is 10.0 Å². The van der Waals surface area contributed by atoms with Gasteiger partial charge in [-0.05, 0) is 123 Å². The third kappa shape index (κ3) is 10.4. The van der Waals surface area contributed by atoms with Crippen LogP contribution in [0.15, 0.2) is 82.6 Å². The number of esters is 2. The SMILES string of the molecule is CCOC(=O)C1CCCCN1C(=O)/C=C/c1ccc(Sc2ccc(/C=C/C(=O)N3CCCCC3C(=O)OCC)c(-c3ccc4c(c3)CCOO4)c2Cl)c(Cl)c1-c1ccc2c(c1)CCOO2. The Kier molecular flexibility index (Phi) is 15.2. The van der Waals surface area contributed by atoms with E-state index in [2.05, 4.69) is 0 Å². The number of carbonyl (C=O) groups excluding carboxylic acids is 4. The summed E-state index contributed by atoms with van der Waals surface area (Å²) in [6.07, 6.45) is 12.1. The van der Waals surface area contributed by atoms with Gasteiger partial charge in [0.05, 0.1) is 36.5 Å². The molecule has 2 saturated heterocycles. The van der Waals surface area contributed by atoms with E-state index in [1.54, 1.807) is 35.8 Å². The van der Waals surface area contributed by atoms with Crippen molar-refractivity contribution < 1.29 is 48.2 Å². The fraction of sp³-hybridized carbons (Fsp3) is 0.360. The third-order valence-corrected chi connectivity index (χ3v) is 14.0. The third-order valence-electron chi connectivity index (χ3n) is 11.9. The first kappa shape index (κ1) is 46.2. The van der Waals surface area contributed by atoms with Gasteiger partial charge >= 0.3 is 11.9 Å². The minimum absolute atomic E-state index is 0.240. The molecule has 4 heterocycles. The number of piperidine rings is 2. The number of ether oxygens (including phenoxy) is 2. The molecule has 0 saturated carbocycles. The predicted molar refractivity (Wildman–Crippen MR) is 249 cm³/mol. The second-order valence-corrected chi connectivity index (χ2v) is 17.8. The second kappa shape index (κ2) is 21.3. The lowest BCUT2D eigenvalue weighted by molar-refractivity contribution is -0.215. The molecule has 340 valence electrons. The summed E-state index contributed by atoms with van der Waals surface area (Å²) in [7, 11) is 0. The van der Waals surface area contributed by atoms with Gasteiger partial charge in [-0.2, -0.15) is 9.78 Å². The van der Waals surface area contributed by atoms with Crippen molar-refractivity contribution in [3.8, 4) is 33.8 Å². The van der Waals surface area contributed by atoms with Gasteiger partial charge in [0.15, 0.2) is 11.5 Å². The Labute approximate surface area is 392 Å². The van der Waals surface area contributed by atoms with Crippen molar-refractivity contribution in [3.63, 3.8) is 0 Å². The van der Waals surface area contributed by atoms with Crippen LogP contribution in [0.5, 0.6) is 11.5 Å². The zero-order valence-corrected chi connectivity index (χ0v) is 38.6. The molecule has 2 fully saturated rings. The van der Waals surface area contributed by atoms with Crippen LogP contribution in [0.4, 0.5) is 0 Å². The molecular formula is C50H50Cl2N2O10S. The Morgan fingerprint density at radius 2 is 1.09 bits per heavy atom. The molecule has 4 aromatic rings. The number of hydrogen-bond donors (Lipinski definition) is 0. The van der Waals surface area contributed by atoms with Gasteiger partial charge < -0.3 is 29.0 Å². The number of rotatable bonds is 12. The van der Waals surface area contributed by atoms with Crippen LogP contribution in [0.1, 0.15) is 74.6 Å². The van der Waals surface area contributed by atoms with Gasteiger partial charge in [0.25, 0.3) is 0 Å². The van der Waals surface area contributed by atoms with Crippen molar-refractivity contribution in [2.24, 2.45) is 0 Å². The summed E-state index contributed by atoms with van der Waals surface area (Å²) in [4.78, 5) is 79.0. The molecule has 0 aliphatic carbocycles. The second-order valence-electron chi connectivity index (χ2n) is 16.0. The molecular weight excluding hydrogens is 892 g/mol. The molecule has 0 aromatic heterocycles. The van der Waals surface area contributed by atoms with Crippen LogP contribution >= 0.6 is 35.0 Å². The summed E-state index contributed by atoms with van der Waals surface area (Å²) in [6, 6.07) is 17.9. The van der Waals surface area contributed by atoms with Gasteiger partial charge in [0.2, 0.25) is 11.8 Å². The maximum absolute atomic E-state index is 13.7. The summed E-state index contributed by atoms with van der Waals surface area (Å²) < 4.78 is 10.6. The van der Waals surface area contributed by atoms with Gasteiger partial charge in [0, 0.05) is 70.1 Å². The van der Waals surface area contributed by atoms with E-state index in [0.717, 1.165) is 47.9 Å². The molecule has 4 aromatic carbocycles. The van der Waals surface area contributed by atoms with E-state index < -0.39 is 24.0 Å². The Hall–Kier alpha value is -5.31. The van der Waals surface area contributed by atoms with E-state index >= 15 is 0 Å². The van der Waals surface area contributed by atoms with Gasteiger partial charge in [-0.1, -0.05) is 59.2 Å². The zero-order valence-electron chi connectivity index (χ0n) is 36.3. The molecule has 2 atom stereocenters. The molecule has 0 N–H and O–H groups in total. The zero-order chi connectivity index (χ0) is 45.5. The Morgan fingerprint density at radius 3 is 1.52 bits per heavy atom. The van der Waals surface area contributed by atoms with Crippen molar-refractivity contribution >= 4 is 70.9 Å². The van der Waals surface area contributed by atoms with Gasteiger partial charge in [-0.3, -0.25) is 9.59 Å². The predicted octanol–water partition coefficient (Wildman–Crippen LogP) is 10.1. The molecule has 12 nitrogen and oxygen atoms in total. The fourth-order valence-electron chi connectivity index (χ4n) is 8.69. The highest BCUT2D eigenvalue weighted by atomic mass is 35.5. The average molecular weight is 942 g/mol. The molecule has 65 heavy (non-hydrogen) atoms. The van der Waals surface area contributed by atoms with E-state index in [4.69, 9.17) is 52.2 Å². The maximum atomic E-state index is 13.7. The highest BCUT2D eigenvalue weighted by molar-refractivity contribution is 7.99. The number of likely N-dealkylation sites (tertiary alicyclic amines) is 2. The molecule has 0 spiro atoms. The first-order chi connectivity index (χ1) is 31.6. The van der Waals surface area contributed by atoms with Gasteiger partial charge in [0.1, 0.15) is 12.1 Å². The monoisotopic (exact) mass is 940 g/mol. The topological polar surface area (TPSA) is 130 Å². The van der Waals surface area contributed by atoms with E-state index in [1.165, 1.54) is 23.9 Å². The van der Waals surface area contributed by atoms with Crippen LogP contribution < -0.4 is 9.78 Å². The minimum Gasteiger partial charge on any atom is -0.464 e. The largest absolute Gasteiger partial charge is 0.464 e. The molecule has 0 radical (unpaired) electrons. The normalized spacial score (nSPS) is 18.4. The van der Waals surface area contributed by atoms with Crippen molar-refractivity contribution in [2.75, 3.05) is 39.5 Å².